The van der Waals surface area contributed by atoms with Crippen LogP contribution < -0.4 is 11.5 Å². The molecule has 0 radical (unpaired) electrons. The summed E-state index contributed by atoms with van der Waals surface area (Å²) in [5.74, 6) is 0. The average molecular weight is 176 g/mol. The number of nitrogen functional groups attached to an aromatic ring is 1. The van der Waals surface area contributed by atoms with Crippen LogP contribution in [0, 0.1) is 13.8 Å². The molecule has 13 heavy (non-hydrogen) atoms. The second-order valence-electron chi connectivity index (χ2n) is 3.20. The van der Waals surface area contributed by atoms with Crippen LogP contribution in [0.3, 0.4) is 0 Å². The zero-order valence-corrected chi connectivity index (χ0v) is 8.17. The van der Waals surface area contributed by atoms with E-state index in [4.69, 9.17) is 11.5 Å². The molecule has 4 N–H and O–H groups in total. The van der Waals surface area contributed by atoms with Crippen LogP contribution in [0.1, 0.15) is 16.7 Å². The van der Waals surface area contributed by atoms with Crippen molar-refractivity contribution < 1.29 is 0 Å². The molecule has 0 bridgehead atoms. The lowest BCUT2D eigenvalue weighted by Crippen LogP contribution is -1.94. The second-order valence-corrected chi connectivity index (χ2v) is 3.20. The molecule has 0 unspecified atom stereocenters. The van der Waals surface area contributed by atoms with Crippen LogP contribution in [0.5, 0.6) is 0 Å². The van der Waals surface area contributed by atoms with E-state index >= 15 is 0 Å². The highest BCUT2D eigenvalue weighted by Crippen LogP contribution is 2.18. The molecule has 0 saturated heterocycles. The Balaban J connectivity index is 3.08. The van der Waals surface area contributed by atoms with Gasteiger partial charge in [0, 0.05) is 12.2 Å². The van der Waals surface area contributed by atoms with E-state index in [1.165, 1.54) is 11.1 Å². The molecule has 0 amide bonds. The van der Waals surface area contributed by atoms with Crippen LogP contribution in [-0.2, 0) is 0 Å². The van der Waals surface area contributed by atoms with Crippen molar-refractivity contribution in [3.05, 3.63) is 34.9 Å². The molecule has 0 aliphatic carbocycles. The summed E-state index contributed by atoms with van der Waals surface area (Å²) in [6.45, 7) is 4.63. The van der Waals surface area contributed by atoms with E-state index in [2.05, 4.69) is 6.07 Å². The first kappa shape index (κ1) is 9.81. The highest BCUT2D eigenvalue weighted by atomic mass is 14.6. The molecule has 0 spiro atoms. The van der Waals surface area contributed by atoms with Crippen molar-refractivity contribution in [1.82, 2.24) is 0 Å². The first-order valence-electron chi connectivity index (χ1n) is 4.38. The van der Waals surface area contributed by atoms with Crippen LogP contribution in [0.4, 0.5) is 5.69 Å². The quantitative estimate of drug-likeness (QED) is 0.676. The average Bonchev–Trinajstić information content (AvgIpc) is 2.09. The molecule has 1 aromatic rings. The molecule has 0 fully saturated rings. The molecule has 0 aliphatic heterocycles. The summed E-state index contributed by atoms with van der Waals surface area (Å²) in [5, 5.41) is 0. The minimum Gasteiger partial charge on any atom is -0.399 e. The largest absolute Gasteiger partial charge is 0.399 e. The Labute approximate surface area is 79.2 Å². The molecule has 2 heteroatoms. The number of anilines is 1. The van der Waals surface area contributed by atoms with Crippen molar-refractivity contribution in [2.24, 2.45) is 5.73 Å². The summed E-state index contributed by atoms with van der Waals surface area (Å²) >= 11 is 0. The molecule has 1 aromatic carbocycles. The third kappa shape index (κ3) is 2.33. The summed E-state index contributed by atoms with van der Waals surface area (Å²) in [6.07, 6.45) is 3.97. The van der Waals surface area contributed by atoms with Gasteiger partial charge in [-0.2, -0.15) is 0 Å². The Morgan fingerprint density at radius 2 is 1.92 bits per heavy atom. The Morgan fingerprint density at radius 3 is 2.54 bits per heavy atom. The standard InChI is InChI=1S/C11H16N2/c1-8-7-11(13)9(2)6-10(8)4-3-5-12/h3-4,6-7H,5,12-13H2,1-2H3. The number of rotatable bonds is 2. The van der Waals surface area contributed by atoms with E-state index in [-0.39, 0.29) is 0 Å². The van der Waals surface area contributed by atoms with E-state index in [0.29, 0.717) is 6.54 Å². The van der Waals surface area contributed by atoms with Crippen LogP contribution in [0.25, 0.3) is 6.08 Å². The predicted octanol–water partition coefficient (Wildman–Crippen LogP) is 1.86. The smallest absolute Gasteiger partial charge is 0.0346 e. The van der Waals surface area contributed by atoms with Crippen molar-refractivity contribution in [1.29, 1.82) is 0 Å². The van der Waals surface area contributed by atoms with Gasteiger partial charge in [0.25, 0.3) is 0 Å². The number of hydrogen-bond acceptors (Lipinski definition) is 2. The molecule has 70 valence electrons. The topological polar surface area (TPSA) is 52.0 Å². The SMILES string of the molecule is Cc1cc(C=CCN)c(C)cc1N. The van der Waals surface area contributed by atoms with E-state index in [9.17, 15) is 0 Å². The van der Waals surface area contributed by atoms with Gasteiger partial charge in [-0.15, -0.1) is 0 Å². The lowest BCUT2D eigenvalue weighted by molar-refractivity contribution is 1.26. The first-order chi connectivity index (χ1) is 6.15. The van der Waals surface area contributed by atoms with Crippen LogP contribution in [0.2, 0.25) is 0 Å². The number of benzene rings is 1. The van der Waals surface area contributed by atoms with E-state index in [1.807, 2.05) is 32.1 Å². The van der Waals surface area contributed by atoms with Gasteiger partial charge in [-0.05, 0) is 42.7 Å². The maximum absolute atomic E-state index is 5.77. The fourth-order valence-corrected chi connectivity index (χ4v) is 1.24. The molecule has 0 aliphatic rings. The third-order valence-corrected chi connectivity index (χ3v) is 2.09. The van der Waals surface area contributed by atoms with E-state index < -0.39 is 0 Å². The fourth-order valence-electron chi connectivity index (χ4n) is 1.24. The molecular weight excluding hydrogens is 160 g/mol. The number of nitrogens with two attached hydrogens (primary N) is 2. The van der Waals surface area contributed by atoms with Crippen LogP contribution in [0.15, 0.2) is 18.2 Å². The zero-order chi connectivity index (χ0) is 9.84. The molecule has 0 atom stereocenters. The van der Waals surface area contributed by atoms with Gasteiger partial charge in [0.1, 0.15) is 0 Å². The minimum atomic E-state index is 0.572. The normalized spacial score (nSPS) is 11.0. The molecule has 1 rings (SSSR count). The summed E-state index contributed by atoms with van der Waals surface area (Å²) in [5.41, 5.74) is 15.5. The van der Waals surface area contributed by atoms with Gasteiger partial charge in [-0.25, -0.2) is 0 Å². The molecule has 2 nitrogen and oxygen atoms in total. The van der Waals surface area contributed by atoms with E-state index in [0.717, 1.165) is 11.3 Å². The summed E-state index contributed by atoms with van der Waals surface area (Å²) in [7, 11) is 0. The van der Waals surface area contributed by atoms with Gasteiger partial charge >= 0.3 is 0 Å². The van der Waals surface area contributed by atoms with Gasteiger partial charge < -0.3 is 11.5 Å². The Bertz CT molecular complexity index is 327. The molecular formula is C11H16N2. The zero-order valence-electron chi connectivity index (χ0n) is 8.17. The maximum atomic E-state index is 5.77. The Hall–Kier alpha value is -1.28. The Morgan fingerprint density at radius 1 is 1.23 bits per heavy atom. The van der Waals surface area contributed by atoms with Crippen LogP contribution >= 0.6 is 0 Å². The van der Waals surface area contributed by atoms with Crippen molar-refractivity contribution in [2.45, 2.75) is 13.8 Å². The van der Waals surface area contributed by atoms with Gasteiger partial charge in [0.2, 0.25) is 0 Å². The van der Waals surface area contributed by atoms with Crippen molar-refractivity contribution in [2.75, 3.05) is 12.3 Å². The highest BCUT2D eigenvalue weighted by molar-refractivity contribution is 5.61. The van der Waals surface area contributed by atoms with E-state index in [1.54, 1.807) is 0 Å². The van der Waals surface area contributed by atoms with Gasteiger partial charge in [0.05, 0.1) is 0 Å². The second kappa shape index (κ2) is 4.10. The summed E-state index contributed by atoms with van der Waals surface area (Å²) in [4.78, 5) is 0. The maximum Gasteiger partial charge on any atom is 0.0346 e. The Kier molecular flexibility index (Phi) is 3.09. The lowest BCUT2D eigenvalue weighted by Gasteiger charge is -2.05. The van der Waals surface area contributed by atoms with Gasteiger partial charge in [-0.1, -0.05) is 12.2 Å². The first-order valence-corrected chi connectivity index (χ1v) is 4.38. The summed E-state index contributed by atoms with van der Waals surface area (Å²) < 4.78 is 0. The third-order valence-electron chi connectivity index (χ3n) is 2.09. The van der Waals surface area contributed by atoms with Crippen molar-refractivity contribution >= 4 is 11.8 Å². The van der Waals surface area contributed by atoms with Gasteiger partial charge in [0.15, 0.2) is 0 Å². The molecule has 0 aromatic heterocycles. The molecule has 0 heterocycles. The predicted molar refractivity (Wildman–Crippen MR) is 58.4 cm³/mol. The monoisotopic (exact) mass is 176 g/mol. The van der Waals surface area contributed by atoms with Crippen molar-refractivity contribution in [3.8, 4) is 0 Å². The van der Waals surface area contributed by atoms with Crippen LogP contribution in [-0.4, -0.2) is 6.54 Å². The fraction of sp³-hybridized carbons (Fsp3) is 0.273. The number of hydrogen-bond donors (Lipinski definition) is 2. The minimum absolute atomic E-state index is 0.572. The summed E-state index contributed by atoms with van der Waals surface area (Å²) in [6, 6.07) is 4.07. The highest BCUT2D eigenvalue weighted by Gasteiger charge is 1.98. The van der Waals surface area contributed by atoms with Gasteiger partial charge in [-0.3, -0.25) is 0 Å². The molecule has 0 saturated carbocycles. The lowest BCUT2D eigenvalue weighted by atomic mass is 10.0. The van der Waals surface area contributed by atoms with Crippen molar-refractivity contribution in [3.63, 3.8) is 0 Å². The number of aryl methyl sites for hydroxylation is 2.